The highest BCUT2D eigenvalue weighted by atomic mass is 16.5. The molecule has 1 aliphatic carbocycles. The minimum atomic E-state index is 0.167. The molecule has 0 aliphatic heterocycles. The monoisotopic (exact) mass is 289 g/mol. The number of ether oxygens (including phenoxy) is 1. The zero-order valence-electron chi connectivity index (χ0n) is 13.8. The predicted octanol–water partition coefficient (Wildman–Crippen LogP) is 4.94. The lowest BCUT2D eigenvalue weighted by atomic mass is 9.72. The Bertz CT molecular complexity index is 404. The number of hydrogen-bond acceptors (Lipinski definition) is 2. The number of unbranched alkanes of at least 4 members (excludes halogenated alkanes) is 1. The minimum Gasteiger partial charge on any atom is -0.494 e. The van der Waals surface area contributed by atoms with E-state index in [-0.39, 0.29) is 6.04 Å². The van der Waals surface area contributed by atoms with Crippen LogP contribution in [-0.2, 0) is 0 Å². The van der Waals surface area contributed by atoms with Gasteiger partial charge in [0.05, 0.1) is 6.61 Å². The van der Waals surface area contributed by atoms with Gasteiger partial charge in [-0.1, -0.05) is 39.3 Å². The van der Waals surface area contributed by atoms with Crippen LogP contribution in [0.25, 0.3) is 0 Å². The summed E-state index contributed by atoms with van der Waals surface area (Å²) in [7, 11) is 0. The van der Waals surface area contributed by atoms with Gasteiger partial charge in [-0.15, -0.1) is 0 Å². The lowest BCUT2D eigenvalue weighted by molar-refractivity contribution is 0.193. The molecule has 0 spiro atoms. The van der Waals surface area contributed by atoms with E-state index in [9.17, 15) is 0 Å². The highest BCUT2D eigenvalue weighted by Crippen LogP contribution is 2.38. The Morgan fingerprint density at radius 1 is 1.10 bits per heavy atom. The Labute approximate surface area is 130 Å². The standard InChI is InChI=1S/C19H31NO/c1-4-5-10-21-18-8-6-16(7-9-18)19(20)17-12-14(2)11-15(3)13-17/h6-9,14-15,17,19H,4-5,10-13,20H2,1-3H3. The predicted molar refractivity (Wildman–Crippen MR) is 89.4 cm³/mol. The first-order chi connectivity index (χ1) is 10.1. The largest absolute Gasteiger partial charge is 0.494 e. The third-order valence-electron chi connectivity index (χ3n) is 4.75. The van der Waals surface area contributed by atoms with Gasteiger partial charge in [-0.05, 0) is 61.1 Å². The van der Waals surface area contributed by atoms with Gasteiger partial charge in [0.1, 0.15) is 5.75 Å². The summed E-state index contributed by atoms with van der Waals surface area (Å²) in [6.45, 7) is 7.71. The van der Waals surface area contributed by atoms with E-state index >= 15 is 0 Å². The van der Waals surface area contributed by atoms with Crippen LogP contribution in [-0.4, -0.2) is 6.61 Å². The van der Waals surface area contributed by atoms with Gasteiger partial charge in [0, 0.05) is 6.04 Å². The van der Waals surface area contributed by atoms with Crippen molar-refractivity contribution in [3.63, 3.8) is 0 Å². The Morgan fingerprint density at radius 3 is 2.29 bits per heavy atom. The summed E-state index contributed by atoms with van der Waals surface area (Å²) in [5.41, 5.74) is 7.78. The molecule has 118 valence electrons. The summed E-state index contributed by atoms with van der Waals surface area (Å²) in [5, 5.41) is 0. The Morgan fingerprint density at radius 2 is 1.71 bits per heavy atom. The van der Waals surface area contributed by atoms with Crippen molar-refractivity contribution in [3.8, 4) is 5.75 Å². The average molecular weight is 289 g/mol. The maximum absolute atomic E-state index is 6.53. The fraction of sp³-hybridized carbons (Fsp3) is 0.684. The van der Waals surface area contributed by atoms with E-state index in [1.165, 1.54) is 31.2 Å². The molecule has 1 aromatic carbocycles. The average Bonchev–Trinajstić information content (AvgIpc) is 2.46. The first-order valence-corrected chi connectivity index (χ1v) is 8.58. The second-order valence-corrected chi connectivity index (χ2v) is 6.97. The quantitative estimate of drug-likeness (QED) is 0.753. The molecular formula is C19H31NO. The fourth-order valence-electron chi connectivity index (χ4n) is 3.70. The van der Waals surface area contributed by atoms with Gasteiger partial charge in [-0.25, -0.2) is 0 Å². The van der Waals surface area contributed by atoms with E-state index in [1.807, 2.05) is 0 Å². The van der Waals surface area contributed by atoms with Crippen LogP contribution < -0.4 is 10.5 Å². The van der Waals surface area contributed by atoms with Crippen molar-refractivity contribution in [1.29, 1.82) is 0 Å². The number of benzene rings is 1. The molecule has 0 bridgehead atoms. The molecule has 0 heterocycles. The summed E-state index contributed by atoms with van der Waals surface area (Å²) < 4.78 is 5.72. The molecule has 21 heavy (non-hydrogen) atoms. The SMILES string of the molecule is CCCCOc1ccc(C(N)C2CC(C)CC(C)C2)cc1. The zero-order chi connectivity index (χ0) is 15.2. The summed E-state index contributed by atoms with van der Waals surface area (Å²) in [6, 6.07) is 8.60. The van der Waals surface area contributed by atoms with E-state index < -0.39 is 0 Å². The zero-order valence-corrected chi connectivity index (χ0v) is 13.8. The van der Waals surface area contributed by atoms with E-state index in [4.69, 9.17) is 10.5 Å². The van der Waals surface area contributed by atoms with Gasteiger partial charge in [0.2, 0.25) is 0 Å². The van der Waals surface area contributed by atoms with E-state index in [1.54, 1.807) is 0 Å². The highest BCUT2D eigenvalue weighted by Gasteiger charge is 2.28. The van der Waals surface area contributed by atoms with Crippen LogP contribution in [0.5, 0.6) is 5.75 Å². The number of rotatable bonds is 6. The molecule has 0 radical (unpaired) electrons. The molecule has 1 aromatic rings. The van der Waals surface area contributed by atoms with Crippen molar-refractivity contribution in [1.82, 2.24) is 0 Å². The van der Waals surface area contributed by atoms with Crippen LogP contribution in [0.1, 0.15) is 64.5 Å². The van der Waals surface area contributed by atoms with Gasteiger partial charge in [0.15, 0.2) is 0 Å². The van der Waals surface area contributed by atoms with Crippen LogP contribution in [0.2, 0.25) is 0 Å². The summed E-state index contributed by atoms with van der Waals surface area (Å²) in [5.74, 6) is 3.20. The van der Waals surface area contributed by atoms with Crippen LogP contribution in [0.3, 0.4) is 0 Å². The molecule has 0 saturated heterocycles. The highest BCUT2D eigenvalue weighted by molar-refractivity contribution is 5.29. The van der Waals surface area contributed by atoms with Gasteiger partial charge in [0.25, 0.3) is 0 Å². The van der Waals surface area contributed by atoms with Crippen molar-refractivity contribution in [2.24, 2.45) is 23.5 Å². The Balaban J connectivity index is 1.94. The molecule has 0 amide bonds. The first kappa shape index (κ1) is 16.4. The van der Waals surface area contributed by atoms with Crippen LogP contribution >= 0.6 is 0 Å². The molecule has 3 atom stereocenters. The molecule has 2 rings (SSSR count). The maximum atomic E-state index is 6.53. The van der Waals surface area contributed by atoms with Crippen molar-refractivity contribution in [3.05, 3.63) is 29.8 Å². The molecule has 2 nitrogen and oxygen atoms in total. The molecule has 1 fully saturated rings. The van der Waals surface area contributed by atoms with Crippen molar-refractivity contribution in [2.75, 3.05) is 6.61 Å². The van der Waals surface area contributed by atoms with Crippen LogP contribution in [0.4, 0.5) is 0 Å². The van der Waals surface area contributed by atoms with Crippen molar-refractivity contribution >= 4 is 0 Å². The van der Waals surface area contributed by atoms with Crippen LogP contribution in [0.15, 0.2) is 24.3 Å². The van der Waals surface area contributed by atoms with Gasteiger partial charge >= 0.3 is 0 Å². The minimum absolute atomic E-state index is 0.167. The molecule has 2 heteroatoms. The van der Waals surface area contributed by atoms with Crippen molar-refractivity contribution in [2.45, 2.75) is 58.9 Å². The maximum Gasteiger partial charge on any atom is 0.119 e. The third-order valence-corrected chi connectivity index (χ3v) is 4.75. The first-order valence-electron chi connectivity index (χ1n) is 8.58. The Hall–Kier alpha value is -1.02. The summed E-state index contributed by atoms with van der Waals surface area (Å²) in [4.78, 5) is 0. The number of nitrogens with two attached hydrogens (primary N) is 1. The van der Waals surface area contributed by atoms with E-state index in [0.29, 0.717) is 5.92 Å². The molecule has 1 saturated carbocycles. The summed E-state index contributed by atoms with van der Waals surface area (Å²) in [6.07, 6.45) is 6.16. The second kappa shape index (κ2) is 7.84. The smallest absolute Gasteiger partial charge is 0.119 e. The van der Waals surface area contributed by atoms with Gasteiger partial charge in [-0.2, -0.15) is 0 Å². The van der Waals surface area contributed by atoms with E-state index in [2.05, 4.69) is 45.0 Å². The Kier molecular flexibility index (Phi) is 6.10. The normalized spacial score (nSPS) is 27.3. The van der Waals surface area contributed by atoms with Gasteiger partial charge < -0.3 is 10.5 Å². The van der Waals surface area contributed by atoms with Crippen molar-refractivity contribution < 1.29 is 4.74 Å². The number of hydrogen-bond donors (Lipinski definition) is 1. The van der Waals surface area contributed by atoms with Gasteiger partial charge in [-0.3, -0.25) is 0 Å². The molecule has 2 N–H and O–H groups in total. The lowest BCUT2D eigenvalue weighted by Crippen LogP contribution is -2.29. The lowest BCUT2D eigenvalue weighted by Gasteiger charge is -2.35. The third kappa shape index (κ3) is 4.74. The topological polar surface area (TPSA) is 35.2 Å². The van der Waals surface area contributed by atoms with Crippen LogP contribution in [0, 0.1) is 17.8 Å². The fourth-order valence-corrected chi connectivity index (χ4v) is 3.70. The molecular weight excluding hydrogens is 258 g/mol. The second-order valence-electron chi connectivity index (χ2n) is 6.97. The summed E-state index contributed by atoms with van der Waals surface area (Å²) >= 11 is 0. The molecule has 3 unspecified atom stereocenters. The van der Waals surface area contributed by atoms with E-state index in [0.717, 1.165) is 30.6 Å². The molecule has 0 aromatic heterocycles. The molecule has 1 aliphatic rings.